The van der Waals surface area contributed by atoms with E-state index in [2.05, 4.69) is 57.7 Å². The van der Waals surface area contributed by atoms with E-state index in [0.29, 0.717) is 15.8 Å². The van der Waals surface area contributed by atoms with Crippen LogP contribution in [0, 0.1) is 0 Å². The zero-order valence-corrected chi connectivity index (χ0v) is 15.4. The smallest absolute Gasteiger partial charge is 0.308 e. The van der Waals surface area contributed by atoms with E-state index in [1.54, 1.807) is 24.5 Å². The summed E-state index contributed by atoms with van der Waals surface area (Å²) >= 11 is 8.04. The number of urea groups is 1. The topological polar surface area (TPSA) is 79.8 Å². The van der Waals surface area contributed by atoms with Crippen LogP contribution in [0.1, 0.15) is 0 Å². The third-order valence-electron chi connectivity index (χ3n) is 2.73. The van der Waals surface area contributed by atoms with Crippen molar-refractivity contribution < 1.29 is 4.79 Å². The fourth-order valence-corrected chi connectivity index (χ4v) is 3.07. The molecule has 0 atom stereocenters. The molecule has 2 amide bonds. The fourth-order valence-electron chi connectivity index (χ4n) is 1.71. The average Bonchev–Trinajstić information content (AvgIpc) is 3.00. The van der Waals surface area contributed by atoms with Gasteiger partial charge in [0.1, 0.15) is 0 Å². The van der Waals surface area contributed by atoms with Crippen molar-refractivity contribution in [2.24, 2.45) is 0 Å². The third kappa shape index (κ3) is 4.12. The SMILES string of the molecule is O=C(Nc1ccc(Br)c(Br)c1)Nc1nnc(-c2cccnc2)s1. The first-order valence-corrected chi connectivity index (χ1v) is 8.79. The number of pyridine rings is 1. The van der Waals surface area contributed by atoms with Crippen molar-refractivity contribution in [1.82, 2.24) is 15.2 Å². The van der Waals surface area contributed by atoms with Gasteiger partial charge in [0.15, 0.2) is 5.01 Å². The van der Waals surface area contributed by atoms with Crippen LogP contribution >= 0.6 is 43.2 Å². The third-order valence-corrected chi connectivity index (χ3v) is 5.50. The van der Waals surface area contributed by atoms with Gasteiger partial charge in [-0.15, -0.1) is 10.2 Å². The number of carbonyl (C=O) groups excluding carboxylic acids is 1. The van der Waals surface area contributed by atoms with Crippen molar-refractivity contribution in [1.29, 1.82) is 0 Å². The van der Waals surface area contributed by atoms with Gasteiger partial charge < -0.3 is 5.32 Å². The number of nitrogens with one attached hydrogen (secondary N) is 2. The van der Waals surface area contributed by atoms with E-state index in [9.17, 15) is 4.79 Å². The Balaban J connectivity index is 1.66. The van der Waals surface area contributed by atoms with Gasteiger partial charge in [0.2, 0.25) is 5.13 Å². The maximum atomic E-state index is 12.0. The van der Waals surface area contributed by atoms with Crippen molar-refractivity contribution in [3.63, 3.8) is 0 Å². The van der Waals surface area contributed by atoms with E-state index >= 15 is 0 Å². The monoisotopic (exact) mass is 453 g/mol. The van der Waals surface area contributed by atoms with Gasteiger partial charge >= 0.3 is 6.03 Å². The standard InChI is InChI=1S/C14H9Br2N5OS/c15-10-4-3-9(6-11(10)16)18-13(22)19-14-21-20-12(23-14)8-2-1-5-17-7-8/h1-7H,(H2,18,19,21,22). The van der Waals surface area contributed by atoms with E-state index in [1.807, 2.05) is 18.2 Å². The number of benzene rings is 1. The number of hydrogen-bond donors (Lipinski definition) is 2. The van der Waals surface area contributed by atoms with Crippen LogP contribution in [-0.4, -0.2) is 21.2 Å². The minimum absolute atomic E-state index is 0.381. The van der Waals surface area contributed by atoms with Crippen molar-refractivity contribution in [3.05, 3.63) is 51.7 Å². The van der Waals surface area contributed by atoms with Crippen molar-refractivity contribution >= 4 is 60.0 Å². The summed E-state index contributed by atoms with van der Waals surface area (Å²) in [5.74, 6) is 0. The second-order valence-corrected chi connectivity index (χ2v) is 7.05. The van der Waals surface area contributed by atoms with Gasteiger partial charge in [0.25, 0.3) is 0 Å². The van der Waals surface area contributed by atoms with Crippen LogP contribution in [0.5, 0.6) is 0 Å². The van der Waals surface area contributed by atoms with Crippen LogP contribution in [-0.2, 0) is 0 Å². The first-order chi connectivity index (χ1) is 11.1. The van der Waals surface area contributed by atoms with Crippen LogP contribution in [0.2, 0.25) is 0 Å². The van der Waals surface area contributed by atoms with Crippen LogP contribution < -0.4 is 10.6 Å². The Morgan fingerprint density at radius 2 is 1.96 bits per heavy atom. The highest BCUT2D eigenvalue weighted by Crippen LogP contribution is 2.27. The molecule has 0 aliphatic heterocycles. The number of amides is 2. The van der Waals surface area contributed by atoms with Crippen LogP contribution in [0.4, 0.5) is 15.6 Å². The summed E-state index contributed by atoms with van der Waals surface area (Å²) in [6, 6.07) is 8.75. The molecule has 0 aliphatic carbocycles. The van der Waals surface area contributed by atoms with E-state index < -0.39 is 0 Å². The molecule has 0 unspecified atom stereocenters. The minimum Gasteiger partial charge on any atom is -0.308 e. The molecule has 2 heterocycles. The van der Waals surface area contributed by atoms with Crippen molar-refractivity contribution in [3.8, 4) is 10.6 Å². The fraction of sp³-hybridized carbons (Fsp3) is 0. The molecular weight excluding hydrogens is 446 g/mol. The molecule has 0 spiro atoms. The Labute approximate surface area is 152 Å². The molecule has 0 fully saturated rings. The molecule has 6 nitrogen and oxygen atoms in total. The van der Waals surface area contributed by atoms with Gasteiger partial charge in [-0.05, 0) is 62.2 Å². The zero-order chi connectivity index (χ0) is 16.2. The minimum atomic E-state index is -0.381. The predicted molar refractivity (Wildman–Crippen MR) is 97.6 cm³/mol. The number of aromatic nitrogens is 3. The molecule has 0 saturated carbocycles. The highest BCUT2D eigenvalue weighted by atomic mass is 79.9. The largest absolute Gasteiger partial charge is 0.325 e. The molecule has 1 aromatic carbocycles. The van der Waals surface area contributed by atoms with Gasteiger partial charge in [-0.25, -0.2) is 4.79 Å². The molecule has 23 heavy (non-hydrogen) atoms. The average molecular weight is 455 g/mol. The number of halogens is 2. The second kappa shape index (κ2) is 7.16. The number of carbonyl (C=O) groups is 1. The molecule has 3 rings (SSSR count). The van der Waals surface area contributed by atoms with E-state index in [4.69, 9.17) is 0 Å². The van der Waals surface area contributed by atoms with E-state index in [-0.39, 0.29) is 6.03 Å². The predicted octanol–water partition coefficient (Wildman–Crippen LogP) is 4.77. The molecule has 0 bridgehead atoms. The van der Waals surface area contributed by atoms with Crippen LogP contribution in [0.3, 0.4) is 0 Å². The summed E-state index contributed by atoms with van der Waals surface area (Å²) in [7, 11) is 0. The molecule has 2 N–H and O–H groups in total. The van der Waals surface area contributed by atoms with E-state index in [0.717, 1.165) is 14.5 Å². The maximum absolute atomic E-state index is 12.0. The summed E-state index contributed by atoms with van der Waals surface area (Å²) in [6.07, 6.45) is 3.39. The number of rotatable bonds is 3. The molecule has 0 saturated heterocycles. The van der Waals surface area contributed by atoms with Gasteiger partial charge in [0, 0.05) is 32.6 Å². The lowest BCUT2D eigenvalue weighted by Crippen LogP contribution is -2.19. The number of anilines is 2. The summed E-state index contributed by atoms with van der Waals surface area (Å²) < 4.78 is 1.76. The maximum Gasteiger partial charge on any atom is 0.325 e. The Morgan fingerprint density at radius 1 is 1.09 bits per heavy atom. The molecule has 116 valence electrons. The van der Waals surface area contributed by atoms with Crippen LogP contribution in [0.25, 0.3) is 10.6 Å². The normalized spacial score (nSPS) is 10.3. The Bertz CT molecular complexity index is 840. The number of hydrogen-bond acceptors (Lipinski definition) is 5. The second-order valence-electron chi connectivity index (χ2n) is 4.36. The Hall–Kier alpha value is -1.84. The van der Waals surface area contributed by atoms with Gasteiger partial charge in [-0.1, -0.05) is 11.3 Å². The Kier molecular flexibility index (Phi) is 4.99. The van der Waals surface area contributed by atoms with Crippen molar-refractivity contribution in [2.45, 2.75) is 0 Å². The van der Waals surface area contributed by atoms with Crippen LogP contribution in [0.15, 0.2) is 51.7 Å². The molecule has 3 aromatic rings. The zero-order valence-electron chi connectivity index (χ0n) is 11.5. The lowest BCUT2D eigenvalue weighted by atomic mass is 10.3. The highest BCUT2D eigenvalue weighted by molar-refractivity contribution is 9.13. The highest BCUT2D eigenvalue weighted by Gasteiger charge is 2.10. The van der Waals surface area contributed by atoms with Crippen molar-refractivity contribution in [2.75, 3.05) is 10.6 Å². The van der Waals surface area contributed by atoms with Gasteiger partial charge in [-0.2, -0.15) is 0 Å². The quantitative estimate of drug-likeness (QED) is 0.597. The lowest BCUT2D eigenvalue weighted by molar-refractivity contribution is 0.262. The van der Waals surface area contributed by atoms with E-state index in [1.165, 1.54) is 11.3 Å². The summed E-state index contributed by atoms with van der Waals surface area (Å²) in [4.78, 5) is 16.0. The molecule has 0 radical (unpaired) electrons. The van der Waals surface area contributed by atoms with Gasteiger partial charge in [0.05, 0.1) is 0 Å². The summed E-state index contributed by atoms with van der Waals surface area (Å²) in [5, 5.41) is 14.5. The first kappa shape index (κ1) is 16.0. The number of nitrogens with zero attached hydrogens (tertiary/aromatic N) is 3. The summed E-state index contributed by atoms with van der Waals surface area (Å²) in [6.45, 7) is 0. The summed E-state index contributed by atoms with van der Waals surface area (Å²) in [5.41, 5.74) is 1.52. The molecule has 2 aromatic heterocycles. The van der Waals surface area contributed by atoms with Gasteiger partial charge in [-0.3, -0.25) is 10.3 Å². The lowest BCUT2D eigenvalue weighted by Gasteiger charge is -2.06. The molecular formula is C14H9Br2N5OS. The molecule has 9 heteroatoms. The Morgan fingerprint density at radius 3 is 2.70 bits per heavy atom. The molecule has 0 aliphatic rings. The first-order valence-electron chi connectivity index (χ1n) is 6.39.